The summed E-state index contributed by atoms with van der Waals surface area (Å²) in [6.45, 7) is 0.319. The van der Waals surface area contributed by atoms with E-state index in [1.165, 1.54) is 35.5 Å². The third kappa shape index (κ3) is 4.04. The van der Waals surface area contributed by atoms with Gasteiger partial charge in [-0.05, 0) is 48.2 Å². The molecular formula is C26H19FN4O3S. The summed E-state index contributed by atoms with van der Waals surface area (Å²) in [6, 6.07) is 19.4. The van der Waals surface area contributed by atoms with Gasteiger partial charge in [-0.3, -0.25) is 0 Å². The molecule has 1 fully saturated rings. The number of hydrogen-bond donors (Lipinski definition) is 1. The van der Waals surface area contributed by atoms with E-state index in [0.29, 0.717) is 22.7 Å². The summed E-state index contributed by atoms with van der Waals surface area (Å²) in [5.74, 6) is -0.414. The summed E-state index contributed by atoms with van der Waals surface area (Å²) in [7, 11) is 0. The predicted molar refractivity (Wildman–Crippen MR) is 129 cm³/mol. The molecule has 7 nitrogen and oxygen atoms in total. The maximum absolute atomic E-state index is 15.1. The third-order valence-electron chi connectivity index (χ3n) is 6.25. The fourth-order valence-corrected chi connectivity index (χ4v) is 5.35. The van der Waals surface area contributed by atoms with Crippen LogP contribution in [0, 0.1) is 5.82 Å². The van der Waals surface area contributed by atoms with Gasteiger partial charge in [0.15, 0.2) is 0 Å². The van der Waals surface area contributed by atoms with Crippen LogP contribution in [0.3, 0.4) is 0 Å². The van der Waals surface area contributed by atoms with Crippen LogP contribution in [0.4, 0.5) is 9.18 Å². The molecule has 9 heteroatoms. The minimum absolute atomic E-state index is 0.0313. The third-order valence-corrected chi connectivity index (χ3v) is 7.25. The van der Waals surface area contributed by atoms with Gasteiger partial charge in [0, 0.05) is 17.5 Å². The maximum atomic E-state index is 15.1. The summed E-state index contributed by atoms with van der Waals surface area (Å²) < 4.78 is 21.2. The smallest absolute Gasteiger partial charge is 0.449 e. The number of carboxylic acid groups (broad SMARTS) is 1. The van der Waals surface area contributed by atoms with Crippen molar-refractivity contribution in [2.45, 2.75) is 24.8 Å². The van der Waals surface area contributed by atoms with Crippen LogP contribution >= 0.6 is 11.3 Å². The second-order valence-corrected chi connectivity index (χ2v) is 9.53. The molecule has 3 heterocycles. The Labute approximate surface area is 203 Å². The first kappa shape index (κ1) is 21.4. The van der Waals surface area contributed by atoms with E-state index in [1.807, 2.05) is 24.3 Å². The van der Waals surface area contributed by atoms with Gasteiger partial charge in [0.25, 0.3) is 0 Å². The number of rotatable bonds is 6. The fraction of sp³-hybridized carbons (Fsp3) is 0.154. The van der Waals surface area contributed by atoms with Crippen molar-refractivity contribution in [1.82, 2.24) is 19.5 Å². The van der Waals surface area contributed by atoms with Gasteiger partial charge in [-0.15, -0.1) is 0 Å². The highest BCUT2D eigenvalue weighted by molar-refractivity contribution is 7.21. The second kappa shape index (κ2) is 8.28. The number of nitrogens with zero attached hydrogens (tertiary/aromatic N) is 4. The highest BCUT2D eigenvalue weighted by Gasteiger charge is 2.47. The molecule has 35 heavy (non-hydrogen) atoms. The van der Waals surface area contributed by atoms with Crippen molar-refractivity contribution < 1.29 is 19.0 Å². The lowest BCUT2D eigenvalue weighted by Gasteiger charge is -2.14. The lowest BCUT2D eigenvalue weighted by molar-refractivity contribution is 0.142. The fourth-order valence-electron chi connectivity index (χ4n) is 4.38. The number of aromatic nitrogens is 4. The van der Waals surface area contributed by atoms with Crippen LogP contribution in [-0.2, 0) is 12.0 Å². The molecule has 6 rings (SSSR count). The van der Waals surface area contributed by atoms with E-state index in [9.17, 15) is 4.79 Å². The molecular weight excluding hydrogens is 467 g/mol. The highest BCUT2D eigenvalue weighted by atomic mass is 32.1. The summed E-state index contributed by atoms with van der Waals surface area (Å²) in [4.78, 5) is 24.8. The van der Waals surface area contributed by atoms with Gasteiger partial charge in [0.1, 0.15) is 21.2 Å². The molecule has 1 aliphatic carbocycles. The second-order valence-electron chi connectivity index (χ2n) is 8.55. The lowest BCUT2D eigenvalue weighted by atomic mass is 9.92. The maximum Gasteiger partial charge on any atom is 0.512 e. The van der Waals surface area contributed by atoms with E-state index < -0.39 is 6.16 Å². The minimum atomic E-state index is -1.43. The Morgan fingerprint density at radius 3 is 2.69 bits per heavy atom. The van der Waals surface area contributed by atoms with Crippen LogP contribution in [0.25, 0.3) is 20.9 Å². The number of hydrogen-bond acceptors (Lipinski definition) is 6. The Morgan fingerprint density at radius 2 is 1.94 bits per heavy atom. The molecule has 0 bridgehead atoms. The molecule has 1 N–H and O–H groups in total. The molecule has 0 unspecified atom stereocenters. The van der Waals surface area contributed by atoms with E-state index in [4.69, 9.17) is 10.1 Å². The quantitative estimate of drug-likeness (QED) is 0.302. The molecule has 5 aromatic rings. The zero-order valence-electron chi connectivity index (χ0n) is 18.4. The lowest BCUT2D eigenvalue weighted by Crippen LogP contribution is -2.10. The predicted octanol–water partition coefficient (Wildman–Crippen LogP) is 5.88. The van der Waals surface area contributed by atoms with Gasteiger partial charge in [0.05, 0.1) is 18.2 Å². The summed E-state index contributed by atoms with van der Waals surface area (Å²) in [5, 5.41) is 9.25. The van der Waals surface area contributed by atoms with Gasteiger partial charge in [0.2, 0.25) is 5.88 Å². The minimum Gasteiger partial charge on any atom is -0.449 e. The molecule has 1 aliphatic rings. The van der Waals surface area contributed by atoms with Gasteiger partial charge in [-0.25, -0.2) is 24.1 Å². The van der Waals surface area contributed by atoms with Crippen LogP contribution in [0.15, 0.2) is 73.2 Å². The van der Waals surface area contributed by atoms with Crippen molar-refractivity contribution in [2.75, 3.05) is 0 Å². The first-order chi connectivity index (χ1) is 17.0. The van der Waals surface area contributed by atoms with Crippen molar-refractivity contribution in [3.05, 3.63) is 95.8 Å². The van der Waals surface area contributed by atoms with Gasteiger partial charge in [-0.1, -0.05) is 47.7 Å². The average Bonchev–Trinajstić information content (AvgIpc) is 3.38. The SMILES string of the molecule is O=C(O)Oc1cn(Cc2ccc(-c3nc4ccc(C5(c6ccccc6)CC5)nc4s3)c(F)c2)cn1. The topological polar surface area (TPSA) is 90.1 Å². The first-order valence-electron chi connectivity index (χ1n) is 11.1. The standard InChI is InChI=1S/C26H19FN4O3S/c27-19-12-16(13-31-14-22(28-15-31)34-25(32)33)6-7-18(19)23-29-20-8-9-21(30-24(20)35-23)26(10-11-26)17-4-2-1-3-5-17/h1-9,12,14-15H,10-11,13H2,(H,32,33). The Morgan fingerprint density at radius 1 is 1.11 bits per heavy atom. The zero-order chi connectivity index (χ0) is 24.0. The van der Waals surface area contributed by atoms with Gasteiger partial charge < -0.3 is 14.4 Å². The molecule has 1 saturated carbocycles. The van der Waals surface area contributed by atoms with Crippen LogP contribution in [0.5, 0.6) is 5.88 Å². The number of carbonyl (C=O) groups is 1. The van der Waals surface area contributed by atoms with E-state index in [2.05, 4.69) is 39.0 Å². The Bertz CT molecular complexity index is 1560. The first-order valence-corrected chi connectivity index (χ1v) is 11.9. The summed E-state index contributed by atoms with van der Waals surface area (Å²) >= 11 is 1.39. The largest absolute Gasteiger partial charge is 0.512 e. The van der Waals surface area contributed by atoms with Crippen LogP contribution in [-0.4, -0.2) is 30.8 Å². The molecule has 0 amide bonds. The number of ether oxygens (including phenoxy) is 1. The Kier molecular flexibility index (Phi) is 5.07. The number of imidazole rings is 1. The number of pyridine rings is 1. The van der Waals surface area contributed by atoms with Crippen molar-refractivity contribution >= 4 is 27.8 Å². The van der Waals surface area contributed by atoms with E-state index in [0.717, 1.165) is 28.9 Å². The molecule has 0 saturated heterocycles. The van der Waals surface area contributed by atoms with E-state index in [1.54, 1.807) is 10.6 Å². The molecule has 3 aromatic heterocycles. The van der Waals surface area contributed by atoms with Crippen LogP contribution in [0.2, 0.25) is 0 Å². The van der Waals surface area contributed by atoms with Crippen LogP contribution < -0.4 is 4.74 Å². The molecule has 0 spiro atoms. The van der Waals surface area contributed by atoms with E-state index >= 15 is 4.39 Å². The average molecular weight is 487 g/mol. The molecule has 0 atom stereocenters. The number of fused-ring (bicyclic) bond motifs is 1. The monoisotopic (exact) mass is 486 g/mol. The van der Waals surface area contributed by atoms with Crippen molar-refractivity contribution in [3.63, 3.8) is 0 Å². The molecule has 2 aromatic carbocycles. The number of halogens is 1. The van der Waals surface area contributed by atoms with Crippen molar-refractivity contribution in [1.29, 1.82) is 0 Å². The van der Waals surface area contributed by atoms with E-state index in [-0.39, 0.29) is 17.1 Å². The normalized spacial score (nSPS) is 14.2. The van der Waals surface area contributed by atoms with Crippen molar-refractivity contribution in [2.24, 2.45) is 0 Å². The summed E-state index contributed by atoms with van der Waals surface area (Å²) in [6.07, 6.45) is 3.58. The Balaban J connectivity index is 1.26. The highest BCUT2D eigenvalue weighted by Crippen LogP contribution is 2.53. The zero-order valence-corrected chi connectivity index (χ0v) is 19.2. The molecule has 0 aliphatic heterocycles. The number of thiazole rings is 1. The van der Waals surface area contributed by atoms with Gasteiger partial charge >= 0.3 is 6.16 Å². The van der Waals surface area contributed by atoms with Gasteiger partial charge in [-0.2, -0.15) is 0 Å². The Hall–Kier alpha value is -4.11. The van der Waals surface area contributed by atoms with Crippen LogP contribution in [0.1, 0.15) is 29.7 Å². The summed E-state index contributed by atoms with van der Waals surface area (Å²) in [5.41, 5.74) is 4.15. The molecule has 174 valence electrons. The number of benzene rings is 2. The van der Waals surface area contributed by atoms with Crippen molar-refractivity contribution in [3.8, 4) is 16.5 Å². The molecule has 0 radical (unpaired) electrons.